The van der Waals surface area contributed by atoms with Gasteiger partial charge in [-0.15, -0.1) is 0 Å². The van der Waals surface area contributed by atoms with E-state index in [-0.39, 0.29) is 24.7 Å². The lowest BCUT2D eigenvalue weighted by atomic mass is 10.1. The van der Waals surface area contributed by atoms with Crippen molar-refractivity contribution < 1.29 is 14.7 Å². The summed E-state index contributed by atoms with van der Waals surface area (Å²) in [5.74, 6) is -0.105. The zero-order valence-electron chi connectivity index (χ0n) is 9.58. The molecule has 0 aliphatic rings. The second-order valence-corrected chi connectivity index (χ2v) is 3.81. The Balaban J connectivity index is 3.75. The molecule has 0 bridgehead atoms. The van der Waals surface area contributed by atoms with Crippen LogP contribution in [0, 0.1) is 0 Å². The van der Waals surface area contributed by atoms with Gasteiger partial charge < -0.3 is 10.4 Å². The molecule has 0 aromatic carbocycles. The first-order valence-electron chi connectivity index (χ1n) is 5.49. The molecule has 0 radical (unpaired) electrons. The fourth-order valence-corrected chi connectivity index (χ4v) is 1.34. The van der Waals surface area contributed by atoms with Gasteiger partial charge in [-0.1, -0.05) is 19.8 Å². The maximum absolute atomic E-state index is 11.3. The van der Waals surface area contributed by atoms with Crippen molar-refractivity contribution in [1.29, 1.82) is 0 Å². The highest BCUT2D eigenvalue weighted by Gasteiger charge is 2.12. The van der Waals surface area contributed by atoms with E-state index in [1.165, 1.54) is 6.92 Å². The first-order chi connectivity index (χ1) is 7.10. The van der Waals surface area contributed by atoms with Gasteiger partial charge >= 0.3 is 0 Å². The van der Waals surface area contributed by atoms with Crippen LogP contribution in [0.2, 0.25) is 0 Å². The highest BCUT2D eigenvalue weighted by molar-refractivity contribution is 5.79. The van der Waals surface area contributed by atoms with Crippen LogP contribution in [0.3, 0.4) is 0 Å². The van der Waals surface area contributed by atoms with Crippen molar-refractivity contribution in [2.24, 2.45) is 0 Å². The predicted molar refractivity (Wildman–Crippen MR) is 58.5 cm³/mol. The monoisotopic (exact) mass is 215 g/mol. The summed E-state index contributed by atoms with van der Waals surface area (Å²) in [5.41, 5.74) is 0. The first kappa shape index (κ1) is 14.1. The van der Waals surface area contributed by atoms with E-state index in [1.807, 2.05) is 0 Å². The van der Waals surface area contributed by atoms with Crippen molar-refractivity contribution in [3.63, 3.8) is 0 Å². The van der Waals surface area contributed by atoms with E-state index in [0.29, 0.717) is 6.42 Å². The van der Waals surface area contributed by atoms with Crippen molar-refractivity contribution in [3.05, 3.63) is 0 Å². The molecule has 0 aliphatic carbocycles. The number of carbonyl (C=O) groups excluding carboxylic acids is 2. The molecular formula is C11H21NO3. The van der Waals surface area contributed by atoms with Gasteiger partial charge in [0.2, 0.25) is 5.91 Å². The molecule has 0 heterocycles. The Kier molecular flexibility index (Phi) is 7.91. The van der Waals surface area contributed by atoms with Crippen LogP contribution in [-0.4, -0.2) is 29.4 Å². The molecule has 4 nitrogen and oxygen atoms in total. The molecule has 0 saturated carbocycles. The zero-order valence-corrected chi connectivity index (χ0v) is 9.58. The van der Waals surface area contributed by atoms with Crippen LogP contribution < -0.4 is 5.32 Å². The van der Waals surface area contributed by atoms with E-state index in [4.69, 9.17) is 5.11 Å². The molecule has 1 amide bonds. The fourth-order valence-electron chi connectivity index (χ4n) is 1.34. The minimum absolute atomic E-state index is 0.0251. The molecule has 4 heteroatoms. The minimum atomic E-state index is -0.420. The molecule has 0 spiro atoms. The van der Waals surface area contributed by atoms with Crippen molar-refractivity contribution in [1.82, 2.24) is 5.32 Å². The van der Waals surface area contributed by atoms with Crippen LogP contribution in [0.1, 0.15) is 46.0 Å². The summed E-state index contributed by atoms with van der Waals surface area (Å²) in [6.45, 7) is 3.34. The van der Waals surface area contributed by atoms with Crippen molar-refractivity contribution in [2.45, 2.75) is 52.0 Å². The van der Waals surface area contributed by atoms with Gasteiger partial charge in [-0.3, -0.25) is 9.59 Å². The number of ketones is 1. The predicted octanol–water partition coefficient (Wildman–Crippen LogP) is 1.02. The summed E-state index contributed by atoms with van der Waals surface area (Å²) >= 11 is 0. The molecule has 0 aromatic rings. The molecule has 1 atom stereocenters. The summed E-state index contributed by atoms with van der Waals surface area (Å²) in [5, 5.41) is 11.6. The highest BCUT2D eigenvalue weighted by Crippen LogP contribution is 2.00. The molecule has 0 saturated heterocycles. The van der Waals surface area contributed by atoms with E-state index in [0.717, 1.165) is 19.3 Å². The van der Waals surface area contributed by atoms with Gasteiger partial charge in [-0.25, -0.2) is 0 Å². The van der Waals surface area contributed by atoms with E-state index in [2.05, 4.69) is 12.2 Å². The maximum atomic E-state index is 11.3. The zero-order chi connectivity index (χ0) is 11.7. The SMILES string of the molecule is CCCCCC(=O)NC(CO)CC(C)=O. The molecule has 0 aromatic heterocycles. The van der Waals surface area contributed by atoms with Crippen LogP contribution in [0.5, 0.6) is 0 Å². The third kappa shape index (κ3) is 8.12. The van der Waals surface area contributed by atoms with Crippen molar-refractivity contribution >= 4 is 11.7 Å². The second-order valence-electron chi connectivity index (χ2n) is 3.81. The number of rotatable bonds is 8. The lowest BCUT2D eigenvalue weighted by molar-refractivity contribution is -0.123. The number of hydrogen-bond donors (Lipinski definition) is 2. The Labute approximate surface area is 91.1 Å². The molecule has 0 aliphatic heterocycles. The van der Waals surface area contributed by atoms with Crippen LogP contribution in [-0.2, 0) is 9.59 Å². The van der Waals surface area contributed by atoms with Crippen molar-refractivity contribution in [3.8, 4) is 0 Å². The topological polar surface area (TPSA) is 66.4 Å². The summed E-state index contributed by atoms with van der Waals surface area (Å²) in [7, 11) is 0. The van der Waals surface area contributed by atoms with Gasteiger partial charge in [0.15, 0.2) is 0 Å². The largest absolute Gasteiger partial charge is 0.394 e. The van der Waals surface area contributed by atoms with Gasteiger partial charge in [0, 0.05) is 12.8 Å². The molecule has 2 N–H and O–H groups in total. The molecule has 0 fully saturated rings. The minimum Gasteiger partial charge on any atom is -0.394 e. The summed E-state index contributed by atoms with van der Waals surface area (Å²) in [4.78, 5) is 22.1. The second kappa shape index (κ2) is 8.41. The molecule has 1 unspecified atom stereocenters. The number of amides is 1. The molecule has 88 valence electrons. The van der Waals surface area contributed by atoms with Gasteiger partial charge in [0.05, 0.1) is 12.6 Å². The lowest BCUT2D eigenvalue weighted by Crippen LogP contribution is -2.38. The van der Waals surface area contributed by atoms with Crippen LogP contribution >= 0.6 is 0 Å². The van der Waals surface area contributed by atoms with E-state index < -0.39 is 6.04 Å². The third-order valence-electron chi connectivity index (χ3n) is 2.13. The number of Topliss-reactive ketones (excluding diaryl/α,β-unsaturated/α-hetero) is 1. The molecular weight excluding hydrogens is 194 g/mol. The Hall–Kier alpha value is -0.900. The molecule has 15 heavy (non-hydrogen) atoms. The Morgan fingerprint density at radius 1 is 1.33 bits per heavy atom. The van der Waals surface area contributed by atoms with Crippen molar-refractivity contribution in [2.75, 3.05) is 6.61 Å². The number of aliphatic hydroxyl groups excluding tert-OH is 1. The van der Waals surface area contributed by atoms with Gasteiger partial charge in [-0.2, -0.15) is 0 Å². The van der Waals surface area contributed by atoms with E-state index in [1.54, 1.807) is 0 Å². The Morgan fingerprint density at radius 2 is 2.00 bits per heavy atom. The fraction of sp³-hybridized carbons (Fsp3) is 0.818. The van der Waals surface area contributed by atoms with Crippen LogP contribution in [0.15, 0.2) is 0 Å². The average molecular weight is 215 g/mol. The summed E-state index contributed by atoms with van der Waals surface area (Å²) < 4.78 is 0. The summed E-state index contributed by atoms with van der Waals surface area (Å²) in [6, 6.07) is -0.420. The van der Waals surface area contributed by atoms with E-state index in [9.17, 15) is 9.59 Å². The number of aliphatic hydroxyl groups is 1. The summed E-state index contributed by atoms with van der Waals surface area (Å²) in [6.07, 6.45) is 3.65. The van der Waals surface area contributed by atoms with Gasteiger partial charge in [0.1, 0.15) is 5.78 Å². The van der Waals surface area contributed by atoms with Crippen LogP contribution in [0.25, 0.3) is 0 Å². The first-order valence-corrected chi connectivity index (χ1v) is 5.49. The van der Waals surface area contributed by atoms with E-state index >= 15 is 0 Å². The number of hydrogen-bond acceptors (Lipinski definition) is 3. The standard InChI is InChI=1S/C11H21NO3/c1-3-4-5-6-11(15)12-10(8-13)7-9(2)14/h10,13H,3-8H2,1-2H3,(H,12,15). The number of nitrogens with one attached hydrogen (secondary N) is 1. The van der Waals surface area contributed by atoms with Crippen LogP contribution in [0.4, 0.5) is 0 Å². The maximum Gasteiger partial charge on any atom is 0.220 e. The third-order valence-corrected chi connectivity index (χ3v) is 2.13. The molecule has 0 rings (SSSR count). The van der Waals surface area contributed by atoms with Gasteiger partial charge in [-0.05, 0) is 13.3 Å². The average Bonchev–Trinajstić information content (AvgIpc) is 2.16. The van der Waals surface area contributed by atoms with Gasteiger partial charge in [0.25, 0.3) is 0 Å². The number of carbonyl (C=O) groups is 2. The lowest BCUT2D eigenvalue weighted by Gasteiger charge is -2.14. The highest BCUT2D eigenvalue weighted by atomic mass is 16.3. The smallest absolute Gasteiger partial charge is 0.220 e. The normalized spacial score (nSPS) is 12.2. The Bertz CT molecular complexity index is 204. The number of unbranched alkanes of at least 4 members (excludes halogenated alkanes) is 2. The quantitative estimate of drug-likeness (QED) is 0.594. The Morgan fingerprint density at radius 3 is 2.47 bits per heavy atom.